The number of aromatic amines is 2. The standard InChI is InChI=1S/C12H8N6/c1-2-4-8-7(3-1)10(18-17-8)12-15-9-5-13-6-14-11(9)16-12/h1-6H,(H,17,18)(H,13,14,15,16). The van der Waals surface area contributed by atoms with Crippen molar-refractivity contribution in [1.29, 1.82) is 0 Å². The first kappa shape index (κ1) is 9.29. The summed E-state index contributed by atoms with van der Waals surface area (Å²) in [6.07, 6.45) is 3.18. The first-order valence-electron chi connectivity index (χ1n) is 5.51. The maximum atomic E-state index is 4.42. The van der Waals surface area contributed by atoms with Gasteiger partial charge >= 0.3 is 0 Å². The molecule has 0 spiro atoms. The van der Waals surface area contributed by atoms with Crippen LogP contribution < -0.4 is 0 Å². The highest BCUT2D eigenvalue weighted by molar-refractivity contribution is 5.92. The number of para-hydroxylation sites is 1. The summed E-state index contributed by atoms with van der Waals surface area (Å²) in [5.74, 6) is 0.697. The maximum Gasteiger partial charge on any atom is 0.181 e. The van der Waals surface area contributed by atoms with Gasteiger partial charge in [0.25, 0.3) is 0 Å². The third-order valence-corrected chi connectivity index (χ3v) is 2.86. The van der Waals surface area contributed by atoms with E-state index in [1.165, 1.54) is 6.33 Å². The molecular weight excluding hydrogens is 228 g/mol. The predicted molar refractivity (Wildman–Crippen MR) is 66.8 cm³/mol. The summed E-state index contributed by atoms with van der Waals surface area (Å²) in [4.78, 5) is 15.6. The summed E-state index contributed by atoms with van der Waals surface area (Å²) < 4.78 is 0. The van der Waals surface area contributed by atoms with Crippen LogP contribution in [-0.4, -0.2) is 30.1 Å². The highest BCUT2D eigenvalue weighted by atomic mass is 15.1. The van der Waals surface area contributed by atoms with Crippen molar-refractivity contribution < 1.29 is 0 Å². The maximum absolute atomic E-state index is 4.42. The van der Waals surface area contributed by atoms with Crippen molar-refractivity contribution >= 4 is 22.1 Å². The molecule has 86 valence electrons. The lowest BCUT2D eigenvalue weighted by atomic mass is 10.2. The molecule has 0 saturated carbocycles. The van der Waals surface area contributed by atoms with E-state index in [0.29, 0.717) is 11.5 Å². The number of nitrogens with one attached hydrogen (secondary N) is 2. The number of imidazole rings is 1. The van der Waals surface area contributed by atoms with E-state index in [1.807, 2.05) is 24.3 Å². The SMILES string of the molecule is c1ccc2c(-c3nc4ncncc4[nH]3)n[nH]c2c1. The Morgan fingerprint density at radius 3 is 2.94 bits per heavy atom. The van der Waals surface area contributed by atoms with Gasteiger partial charge in [0.15, 0.2) is 11.5 Å². The van der Waals surface area contributed by atoms with Gasteiger partial charge in [0.1, 0.15) is 17.5 Å². The Kier molecular flexibility index (Phi) is 1.74. The quantitative estimate of drug-likeness (QED) is 0.528. The highest BCUT2D eigenvalue weighted by Gasteiger charge is 2.12. The fourth-order valence-electron chi connectivity index (χ4n) is 2.02. The van der Waals surface area contributed by atoms with Gasteiger partial charge in [0.2, 0.25) is 0 Å². The molecule has 3 aromatic heterocycles. The van der Waals surface area contributed by atoms with Gasteiger partial charge in [0, 0.05) is 5.39 Å². The fourth-order valence-corrected chi connectivity index (χ4v) is 2.02. The minimum Gasteiger partial charge on any atom is -0.334 e. The Morgan fingerprint density at radius 2 is 2.00 bits per heavy atom. The molecule has 6 nitrogen and oxygen atoms in total. The molecule has 4 rings (SSSR count). The molecule has 3 heterocycles. The van der Waals surface area contributed by atoms with Gasteiger partial charge in [0.05, 0.1) is 11.7 Å². The van der Waals surface area contributed by atoms with Gasteiger partial charge in [-0.1, -0.05) is 18.2 Å². The van der Waals surface area contributed by atoms with Crippen LogP contribution >= 0.6 is 0 Å². The van der Waals surface area contributed by atoms with Crippen molar-refractivity contribution in [3.05, 3.63) is 36.8 Å². The zero-order valence-corrected chi connectivity index (χ0v) is 9.25. The smallest absolute Gasteiger partial charge is 0.181 e. The number of hydrogen-bond acceptors (Lipinski definition) is 4. The number of fused-ring (bicyclic) bond motifs is 2. The second-order valence-corrected chi connectivity index (χ2v) is 3.96. The molecule has 0 bridgehead atoms. The monoisotopic (exact) mass is 236 g/mol. The molecule has 18 heavy (non-hydrogen) atoms. The second kappa shape index (κ2) is 3.36. The molecule has 0 fully saturated rings. The van der Waals surface area contributed by atoms with E-state index in [9.17, 15) is 0 Å². The molecule has 2 N–H and O–H groups in total. The molecule has 0 radical (unpaired) electrons. The van der Waals surface area contributed by atoms with Crippen LogP contribution in [-0.2, 0) is 0 Å². The summed E-state index contributed by atoms with van der Waals surface area (Å²) >= 11 is 0. The summed E-state index contributed by atoms with van der Waals surface area (Å²) in [5.41, 5.74) is 3.23. The number of hydrogen-bond donors (Lipinski definition) is 2. The van der Waals surface area contributed by atoms with Crippen LogP contribution in [0, 0.1) is 0 Å². The minimum atomic E-state index is 0.645. The Balaban J connectivity index is 2.01. The summed E-state index contributed by atoms with van der Waals surface area (Å²) in [6.45, 7) is 0. The first-order chi connectivity index (χ1) is 8.92. The average molecular weight is 236 g/mol. The van der Waals surface area contributed by atoms with Crippen molar-refractivity contribution in [3.63, 3.8) is 0 Å². The van der Waals surface area contributed by atoms with E-state index in [2.05, 4.69) is 30.1 Å². The fraction of sp³-hybridized carbons (Fsp3) is 0. The first-order valence-corrected chi connectivity index (χ1v) is 5.51. The van der Waals surface area contributed by atoms with Crippen molar-refractivity contribution in [2.45, 2.75) is 0 Å². The number of H-pyrrole nitrogens is 2. The molecule has 0 aliphatic carbocycles. The lowest BCUT2D eigenvalue weighted by Gasteiger charge is -1.90. The van der Waals surface area contributed by atoms with Gasteiger partial charge in [-0.25, -0.2) is 15.0 Å². The van der Waals surface area contributed by atoms with Crippen LogP contribution in [0.5, 0.6) is 0 Å². The Labute approximate surface area is 101 Å². The number of nitrogens with zero attached hydrogens (tertiary/aromatic N) is 4. The molecule has 0 amide bonds. The van der Waals surface area contributed by atoms with Crippen molar-refractivity contribution in [2.24, 2.45) is 0 Å². The van der Waals surface area contributed by atoms with Crippen molar-refractivity contribution in [3.8, 4) is 11.5 Å². The van der Waals surface area contributed by atoms with Crippen molar-refractivity contribution in [1.82, 2.24) is 30.1 Å². The van der Waals surface area contributed by atoms with Gasteiger partial charge < -0.3 is 4.98 Å². The Morgan fingerprint density at radius 1 is 1.06 bits per heavy atom. The van der Waals surface area contributed by atoms with E-state index in [4.69, 9.17) is 0 Å². The van der Waals surface area contributed by atoms with Gasteiger partial charge in [-0.05, 0) is 6.07 Å². The van der Waals surface area contributed by atoms with Gasteiger partial charge in [-0.15, -0.1) is 0 Å². The lowest BCUT2D eigenvalue weighted by molar-refractivity contribution is 1.10. The number of rotatable bonds is 1. The third kappa shape index (κ3) is 1.22. The van der Waals surface area contributed by atoms with Gasteiger partial charge in [-0.2, -0.15) is 5.10 Å². The third-order valence-electron chi connectivity index (χ3n) is 2.86. The minimum absolute atomic E-state index is 0.645. The molecule has 0 atom stereocenters. The van der Waals surface area contributed by atoms with E-state index in [1.54, 1.807) is 6.20 Å². The molecule has 0 aliphatic heterocycles. The highest BCUT2D eigenvalue weighted by Crippen LogP contribution is 2.24. The Bertz CT molecular complexity index is 811. The average Bonchev–Trinajstić information content (AvgIpc) is 3.02. The van der Waals surface area contributed by atoms with Crippen LogP contribution in [0.2, 0.25) is 0 Å². The topological polar surface area (TPSA) is 83.1 Å². The molecule has 1 aromatic carbocycles. The number of aromatic nitrogens is 6. The van der Waals surface area contributed by atoms with Gasteiger partial charge in [-0.3, -0.25) is 5.10 Å². The van der Waals surface area contributed by atoms with E-state index < -0.39 is 0 Å². The largest absolute Gasteiger partial charge is 0.334 e. The summed E-state index contributed by atoms with van der Waals surface area (Å²) in [5, 5.41) is 8.31. The molecule has 0 aliphatic rings. The molecule has 6 heteroatoms. The predicted octanol–water partition coefficient (Wildman–Crippen LogP) is 1.90. The summed E-state index contributed by atoms with van der Waals surface area (Å²) in [7, 11) is 0. The normalized spacial score (nSPS) is 11.3. The van der Waals surface area contributed by atoms with Crippen LogP contribution in [0.15, 0.2) is 36.8 Å². The number of benzene rings is 1. The summed E-state index contributed by atoms with van der Waals surface area (Å²) in [6, 6.07) is 7.93. The van der Waals surface area contributed by atoms with Crippen LogP contribution in [0.3, 0.4) is 0 Å². The van der Waals surface area contributed by atoms with Crippen molar-refractivity contribution in [2.75, 3.05) is 0 Å². The van der Waals surface area contributed by atoms with Crippen LogP contribution in [0.1, 0.15) is 0 Å². The van der Waals surface area contributed by atoms with E-state index in [-0.39, 0.29) is 0 Å². The second-order valence-electron chi connectivity index (χ2n) is 3.96. The molecular formula is C12H8N6. The zero-order chi connectivity index (χ0) is 11.9. The molecule has 0 saturated heterocycles. The van der Waals surface area contributed by atoms with E-state index >= 15 is 0 Å². The zero-order valence-electron chi connectivity index (χ0n) is 9.25. The van der Waals surface area contributed by atoms with E-state index in [0.717, 1.165) is 22.1 Å². The molecule has 0 unspecified atom stereocenters. The van der Waals surface area contributed by atoms with Crippen LogP contribution in [0.25, 0.3) is 33.6 Å². The Hall–Kier alpha value is -2.76. The molecule has 4 aromatic rings. The lowest BCUT2D eigenvalue weighted by Crippen LogP contribution is -1.81. The van der Waals surface area contributed by atoms with Crippen LogP contribution in [0.4, 0.5) is 0 Å².